The average molecular weight is 369 g/mol. The third kappa shape index (κ3) is 4.85. The maximum atomic E-state index is 13.0. The van der Waals surface area contributed by atoms with Gasteiger partial charge in [0, 0.05) is 24.5 Å². The Morgan fingerprint density at radius 1 is 1.04 bits per heavy atom. The van der Waals surface area contributed by atoms with Gasteiger partial charge in [-0.15, -0.1) is 0 Å². The molecule has 2 rings (SSSR count). The Kier molecular flexibility index (Phi) is 6.94. The minimum Gasteiger partial charge on any atom is -0.341 e. The lowest BCUT2D eigenvalue weighted by molar-refractivity contribution is 0.102. The fraction of sp³-hybridized carbons (Fsp3) is 0.500. The summed E-state index contributed by atoms with van der Waals surface area (Å²) in [5.74, 6) is 1.05. The molecule has 2 aromatic rings. The number of aromatic nitrogens is 2. The number of benzene rings is 1. The number of amides is 1. The molecule has 5 heteroatoms. The average Bonchev–Trinajstić information content (AvgIpc) is 2.62. The van der Waals surface area contributed by atoms with Crippen LogP contribution in [0.25, 0.3) is 0 Å². The van der Waals surface area contributed by atoms with Crippen LogP contribution in [0, 0.1) is 6.92 Å². The van der Waals surface area contributed by atoms with Crippen molar-refractivity contribution in [2.75, 3.05) is 23.3 Å². The number of hydrogen-bond donors (Lipinski definition) is 1. The normalized spacial score (nSPS) is 11.1. The molecule has 0 spiro atoms. The molecule has 5 nitrogen and oxygen atoms in total. The first-order chi connectivity index (χ1) is 12.8. The lowest BCUT2D eigenvalue weighted by atomic mass is 9.92. The van der Waals surface area contributed by atoms with Crippen LogP contribution in [-0.4, -0.2) is 29.0 Å². The molecule has 0 saturated heterocycles. The van der Waals surface area contributed by atoms with Gasteiger partial charge in [-0.1, -0.05) is 45.9 Å². The highest BCUT2D eigenvalue weighted by atomic mass is 16.1. The van der Waals surface area contributed by atoms with Gasteiger partial charge in [0.05, 0.1) is 0 Å². The van der Waals surface area contributed by atoms with Gasteiger partial charge in [0.25, 0.3) is 5.91 Å². The first-order valence-electron chi connectivity index (χ1n) is 9.83. The Morgan fingerprint density at radius 3 is 2.07 bits per heavy atom. The van der Waals surface area contributed by atoms with Gasteiger partial charge in [-0.2, -0.15) is 0 Å². The van der Waals surface area contributed by atoms with E-state index < -0.39 is 0 Å². The van der Waals surface area contributed by atoms with Crippen LogP contribution in [0.15, 0.2) is 24.3 Å². The maximum absolute atomic E-state index is 13.0. The van der Waals surface area contributed by atoms with E-state index in [2.05, 4.69) is 75.0 Å². The van der Waals surface area contributed by atoms with Gasteiger partial charge in [0.1, 0.15) is 5.69 Å². The molecule has 146 valence electrons. The first-order valence-corrected chi connectivity index (χ1v) is 9.83. The SMILES string of the molecule is CCN(CC)c1nc(C)cc(C(=O)Nc2c(C(C)C)cccc2C(C)C)n1. The molecular weight excluding hydrogens is 336 g/mol. The van der Waals surface area contributed by atoms with Crippen LogP contribution in [0.1, 0.15) is 80.7 Å². The van der Waals surface area contributed by atoms with Gasteiger partial charge in [0.2, 0.25) is 5.95 Å². The van der Waals surface area contributed by atoms with E-state index >= 15 is 0 Å². The van der Waals surface area contributed by atoms with Crippen LogP contribution in [0.2, 0.25) is 0 Å². The van der Waals surface area contributed by atoms with Crippen LogP contribution in [0.3, 0.4) is 0 Å². The minimum absolute atomic E-state index is 0.191. The zero-order valence-electron chi connectivity index (χ0n) is 17.6. The molecule has 0 saturated carbocycles. The molecule has 1 amide bonds. The smallest absolute Gasteiger partial charge is 0.274 e. The summed E-state index contributed by atoms with van der Waals surface area (Å²) in [6, 6.07) is 7.97. The van der Waals surface area contributed by atoms with Crippen molar-refractivity contribution in [2.24, 2.45) is 0 Å². The van der Waals surface area contributed by atoms with Crippen molar-refractivity contribution in [3.63, 3.8) is 0 Å². The van der Waals surface area contributed by atoms with Crippen molar-refractivity contribution < 1.29 is 4.79 Å². The Morgan fingerprint density at radius 2 is 1.59 bits per heavy atom. The van der Waals surface area contributed by atoms with Crippen LogP contribution in [0.4, 0.5) is 11.6 Å². The first kappa shape index (κ1) is 20.9. The lowest BCUT2D eigenvalue weighted by Gasteiger charge is -2.21. The summed E-state index contributed by atoms with van der Waals surface area (Å²) >= 11 is 0. The Balaban J connectivity index is 2.44. The highest BCUT2D eigenvalue weighted by Gasteiger charge is 2.19. The van der Waals surface area contributed by atoms with Gasteiger partial charge in [-0.05, 0) is 49.8 Å². The quantitative estimate of drug-likeness (QED) is 0.736. The standard InChI is InChI=1S/C22H32N4O/c1-8-26(9-2)22-23-16(7)13-19(24-22)21(27)25-20-17(14(3)4)11-10-12-18(20)15(5)6/h10-15H,8-9H2,1-7H3,(H,25,27). The molecule has 0 atom stereocenters. The monoisotopic (exact) mass is 368 g/mol. The summed E-state index contributed by atoms with van der Waals surface area (Å²) in [6.45, 7) is 16.2. The number of hydrogen-bond acceptors (Lipinski definition) is 4. The molecule has 1 aromatic carbocycles. The van der Waals surface area contributed by atoms with Crippen molar-refractivity contribution in [2.45, 2.75) is 60.3 Å². The van der Waals surface area contributed by atoms with E-state index in [4.69, 9.17) is 0 Å². The van der Waals surface area contributed by atoms with Gasteiger partial charge < -0.3 is 10.2 Å². The van der Waals surface area contributed by atoms with Crippen molar-refractivity contribution in [1.29, 1.82) is 0 Å². The van der Waals surface area contributed by atoms with E-state index in [1.54, 1.807) is 6.07 Å². The third-order valence-electron chi connectivity index (χ3n) is 4.73. The number of nitrogens with one attached hydrogen (secondary N) is 1. The summed E-state index contributed by atoms with van der Waals surface area (Å²) in [4.78, 5) is 24.1. The minimum atomic E-state index is -0.191. The molecule has 1 N–H and O–H groups in total. The van der Waals surface area contributed by atoms with Crippen molar-refractivity contribution >= 4 is 17.5 Å². The Labute approximate surface area is 163 Å². The highest BCUT2D eigenvalue weighted by Crippen LogP contribution is 2.32. The summed E-state index contributed by atoms with van der Waals surface area (Å²) < 4.78 is 0. The second kappa shape index (κ2) is 8.98. The van der Waals surface area contributed by atoms with Crippen molar-refractivity contribution in [3.05, 3.63) is 46.8 Å². The molecule has 1 aromatic heterocycles. The predicted molar refractivity (Wildman–Crippen MR) is 113 cm³/mol. The second-order valence-corrected chi connectivity index (χ2v) is 7.44. The second-order valence-electron chi connectivity index (χ2n) is 7.44. The van der Waals surface area contributed by atoms with Crippen molar-refractivity contribution in [1.82, 2.24) is 9.97 Å². The van der Waals surface area contributed by atoms with Gasteiger partial charge in [-0.25, -0.2) is 9.97 Å². The number of rotatable bonds is 7. The van der Waals surface area contributed by atoms with Gasteiger partial charge >= 0.3 is 0 Å². The van der Waals surface area contributed by atoms with Crippen LogP contribution in [0.5, 0.6) is 0 Å². The summed E-state index contributed by atoms with van der Waals surface area (Å²) in [5.41, 5.74) is 4.39. The molecule has 0 fully saturated rings. The summed E-state index contributed by atoms with van der Waals surface area (Å²) in [5, 5.41) is 3.14. The fourth-order valence-corrected chi connectivity index (χ4v) is 3.19. The molecular formula is C22H32N4O. The number of anilines is 2. The van der Waals surface area contributed by atoms with E-state index in [1.165, 1.54) is 0 Å². The van der Waals surface area contributed by atoms with Gasteiger partial charge in [-0.3, -0.25) is 4.79 Å². The molecule has 0 aliphatic carbocycles. The zero-order chi connectivity index (χ0) is 20.1. The summed E-state index contributed by atoms with van der Waals surface area (Å²) in [6.07, 6.45) is 0. The molecule has 27 heavy (non-hydrogen) atoms. The van der Waals surface area contributed by atoms with Crippen LogP contribution >= 0.6 is 0 Å². The van der Waals surface area contributed by atoms with E-state index in [0.717, 1.165) is 35.6 Å². The molecule has 0 aliphatic heterocycles. The van der Waals surface area contributed by atoms with E-state index in [0.29, 0.717) is 23.5 Å². The lowest BCUT2D eigenvalue weighted by Crippen LogP contribution is -2.26. The fourth-order valence-electron chi connectivity index (χ4n) is 3.19. The van der Waals surface area contributed by atoms with Crippen molar-refractivity contribution in [3.8, 4) is 0 Å². The number of nitrogens with zero attached hydrogens (tertiary/aromatic N) is 3. The zero-order valence-corrected chi connectivity index (χ0v) is 17.6. The highest BCUT2D eigenvalue weighted by molar-refractivity contribution is 6.04. The van der Waals surface area contributed by atoms with E-state index in [9.17, 15) is 4.79 Å². The number of carbonyl (C=O) groups is 1. The molecule has 0 bridgehead atoms. The number of aryl methyl sites for hydroxylation is 1. The number of para-hydroxylation sites is 1. The topological polar surface area (TPSA) is 58.1 Å². The Hall–Kier alpha value is -2.43. The van der Waals surface area contributed by atoms with Gasteiger partial charge in [0.15, 0.2) is 0 Å². The molecule has 0 radical (unpaired) electrons. The Bertz CT molecular complexity index is 769. The third-order valence-corrected chi connectivity index (χ3v) is 4.73. The van der Waals surface area contributed by atoms with Crippen LogP contribution < -0.4 is 10.2 Å². The predicted octanol–water partition coefficient (Wildman–Crippen LogP) is 5.13. The largest absolute Gasteiger partial charge is 0.341 e. The van der Waals surface area contributed by atoms with E-state index in [1.807, 2.05) is 11.8 Å². The maximum Gasteiger partial charge on any atom is 0.274 e. The summed E-state index contributed by atoms with van der Waals surface area (Å²) in [7, 11) is 0. The van der Waals surface area contributed by atoms with E-state index in [-0.39, 0.29) is 5.91 Å². The molecule has 1 heterocycles. The number of carbonyl (C=O) groups excluding carboxylic acids is 1. The van der Waals surface area contributed by atoms with Crippen LogP contribution in [-0.2, 0) is 0 Å². The molecule has 0 aliphatic rings. The molecule has 0 unspecified atom stereocenters.